The SMILES string of the molecule is O=C(O)CC(O)(CC(=O)O)C(=O)[O-].O=C(O)CC(O)(CC(=O)O)C(=O)[O-].O=C(O)CC(O)(CC(=O)O)C(=O)[O-].[In+3]. The minimum atomic E-state index is -2.85. The summed E-state index contributed by atoms with van der Waals surface area (Å²) in [5, 5.41) is 107. The van der Waals surface area contributed by atoms with Gasteiger partial charge in [0, 0.05) is 0 Å². The Labute approximate surface area is 239 Å². The molecule has 0 aromatic rings. The van der Waals surface area contributed by atoms with Crippen LogP contribution >= 0.6 is 0 Å². The maximum Gasteiger partial charge on any atom is 3.00 e. The van der Waals surface area contributed by atoms with Gasteiger partial charge in [-0.3, -0.25) is 28.8 Å². The Balaban J connectivity index is -0.000000240. The molecule has 222 valence electrons. The van der Waals surface area contributed by atoms with Crippen LogP contribution in [0.4, 0.5) is 0 Å². The summed E-state index contributed by atoms with van der Waals surface area (Å²) in [5.74, 6) is -16.0. The molecule has 0 saturated heterocycles. The third kappa shape index (κ3) is 19.1. The van der Waals surface area contributed by atoms with Gasteiger partial charge in [-0.25, -0.2) is 0 Å². The largest absolute Gasteiger partial charge is 3.00 e. The molecule has 0 bridgehead atoms. The van der Waals surface area contributed by atoms with Crippen molar-refractivity contribution in [1.82, 2.24) is 0 Å². The molecule has 0 aliphatic carbocycles. The molecule has 0 saturated carbocycles. The Morgan fingerprint density at radius 1 is 0.375 bits per heavy atom. The van der Waals surface area contributed by atoms with E-state index in [0.717, 1.165) is 0 Å². The Bertz CT molecular complexity index is 812. The molecule has 0 aromatic heterocycles. The van der Waals surface area contributed by atoms with Gasteiger partial charge in [-0.1, -0.05) is 0 Å². The van der Waals surface area contributed by atoms with Crippen LogP contribution in [0.25, 0.3) is 0 Å². The molecule has 0 atom stereocenters. The molecule has 0 fully saturated rings. The van der Waals surface area contributed by atoms with Crippen molar-refractivity contribution >= 4 is 79.6 Å². The van der Waals surface area contributed by atoms with E-state index in [9.17, 15) is 58.5 Å². The number of carbonyl (C=O) groups is 9. The van der Waals surface area contributed by atoms with E-state index in [1.807, 2.05) is 0 Å². The number of hydrogen-bond acceptors (Lipinski definition) is 15. The van der Waals surface area contributed by atoms with Crippen LogP contribution in [0.15, 0.2) is 0 Å². The van der Waals surface area contributed by atoms with E-state index in [0.29, 0.717) is 0 Å². The van der Waals surface area contributed by atoms with E-state index in [1.165, 1.54) is 0 Å². The monoisotopic (exact) mass is 688 g/mol. The summed E-state index contributed by atoms with van der Waals surface area (Å²) in [7, 11) is 0. The normalized spacial score (nSPS) is 10.6. The van der Waals surface area contributed by atoms with E-state index < -0.39 is 109 Å². The predicted molar refractivity (Wildman–Crippen MR) is 109 cm³/mol. The molecule has 0 radical (unpaired) electrons. The summed E-state index contributed by atoms with van der Waals surface area (Å²) in [6.45, 7) is 0. The van der Waals surface area contributed by atoms with Crippen LogP contribution in [0.5, 0.6) is 0 Å². The summed E-state index contributed by atoms with van der Waals surface area (Å²) in [6.07, 6.45) is -7.24. The van der Waals surface area contributed by atoms with E-state index in [-0.39, 0.29) is 25.8 Å². The Morgan fingerprint density at radius 2 is 0.475 bits per heavy atom. The summed E-state index contributed by atoms with van der Waals surface area (Å²) in [6, 6.07) is 0. The quantitative estimate of drug-likeness (QED) is 0.0771. The van der Waals surface area contributed by atoms with Crippen molar-refractivity contribution in [1.29, 1.82) is 0 Å². The standard InChI is InChI=1S/3C6H8O7.In/c3*7-3(8)1-6(13,5(11)12)2-4(9)10;/h3*13H,1-2H2,(H,7,8)(H,9,10)(H,11,12);/q;;;+3/p-3. The van der Waals surface area contributed by atoms with Gasteiger partial charge in [-0.2, -0.15) is 0 Å². The third-order valence-corrected chi connectivity index (χ3v) is 3.80. The van der Waals surface area contributed by atoms with Crippen LogP contribution < -0.4 is 15.3 Å². The molecule has 22 heteroatoms. The molecule has 0 rings (SSSR count). The second-order valence-electron chi connectivity index (χ2n) is 7.38. The molecule has 40 heavy (non-hydrogen) atoms. The van der Waals surface area contributed by atoms with Gasteiger partial charge in [0.1, 0.15) is 16.8 Å². The number of carboxylic acids is 9. The summed E-state index contributed by atoms with van der Waals surface area (Å²) >= 11 is 0. The van der Waals surface area contributed by atoms with Crippen molar-refractivity contribution in [2.75, 3.05) is 0 Å². The van der Waals surface area contributed by atoms with Crippen LogP contribution in [0.1, 0.15) is 38.5 Å². The topological polar surface area (TPSA) is 405 Å². The van der Waals surface area contributed by atoms with Crippen molar-refractivity contribution in [3.05, 3.63) is 0 Å². The van der Waals surface area contributed by atoms with E-state index >= 15 is 0 Å². The number of hydrogen-bond donors (Lipinski definition) is 9. The molecule has 0 amide bonds. The Kier molecular flexibility index (Phi) is 19.7. The Morgan fingerprint density at radius 3 is 0.525 bits per heavy atom. The summed E-state index contributed by atoms with van der Waals surface area (Å²) < 4.78 is 0. The average Bonchev–Trinajstić information content (AvgIpc) is 2.64. The van der Waals surface area contributed by atoms with Gasteiger partial charge in [-0.15, -0.1) is 0 Å². The van der Waals surface area contributed by atoms with Crippen molar-refractivity contribution in [3.8, 4) is 0 Å². The van der Waals surface area contributed by atoms with Crippen molar-refractivity contribution < 1.29 is 104 Å². The van der Waals surface area contributed by atoms with Crippen molar-refractivity contribution in [3.63, 3.8) is 0 Å². The van der Waals surface area contributed by atoms with Crippen molar-refractivity contribution in [2.24, 2.45) is 0 Å². The molecule has 21 nitrogen and oxygen atoms in total. The predicted octanol–water partition coefficient (Wildman–Crippen LogP) is -8.13. The first-order valence-corrected chi connectivity index (χ1v) is 9.45. The van der Waals surface area contributed by atoms with Gasteiger partial charge in [0.15, 0.2) is 0 Å². The van der Waals surface area contributed by atoms with Crippen LogP contribution in [0.2, 0.25) is 0 Å². The molecule has 9 N–H and O–H groups in total. The van der Waals surface area contributed by atoms with E-state index in [4.69, 9.17) is 46.0 Å². The fraction of sp³-hybridized carbons (Fsp3) is 0.500. The zero-order valence-corrected chi connectivity index (χ0v) is 23.0. The van der Waals surface area contributed by atoms with Gasteiger partial charge < -0.3 is 75.7 Å². The maximum atomic E-state index is 10.2. The first-order valence-electron chi connectivity index (χ1n) is 9.45. The smallest absolute Gasteiger partial charge is 0.547 e. The molecule has 0 unspecified atom stereocenters. The molecule has 0 aliphatic rings. The van der Waals surface area contributed by atoms with Crippen LogP contribution in [-0.4, -0.2) is 142 Å². The fourth-order valence-corrected chi connectivity index (χ4v) is 2.12. The van der Waals surface area contributed by atoms with E-state index in [1.54, 1.807) is 0 Å². The fourth-order valence-electron chi connectivity index (χ4n) is 2.12. The van der Waals surface area contributed by atoms with Gasteiger partial charge in [0.05, 0.1) is 56.4 Å². The molecule has 0 aliphatic heterocycles. The molecular formula is C18H21InO21. The second kappa shape index (κ2) is 18.3. The first kappa shape index (κ1) is 43.0. The first-order chi connectivity index (χ1) is 17.3. The number of carboxylic acid groups (broad SMARTS) is 9. The van der Waals surface area contributed by atoms with Gasteiger partial charge in [0.25, 0.3) is 0 Å². The molecular weight excluding hydrogens is 667 g/mol. The average molecular weight is 688 g/mol. The Hall–Kier alpha value is -4.02. The maximum absolute atomic E-state index is 10.2. The van der Waals surface area contributed by atoms with Gasteiger partial charge >= 0.3 is 61.7 Å². The summed E-state index contributed by atoms with van der Waals surface area (Å²) in [5.41, 5.74) is -8.55. The third-order valence-electron chi connectivity index (χ3n) is 3.80. The van der Waals surface area contributed by atoms with Crippen molar-refractivity contribution in [2.45, 2.75) is 55.3 Å². The minimum absolute atomic E-state index is 0. The number of rotatable bonds is 15. The zero-order valence-electron chi connectivity index (χ0n) is 19.7. The molecule has 0 spiro atoms. The van der Waals surface area contributed by atoms with Crippen LogP contribution in [-0.2, 0) is 43.2 Å². The number of aliphatic hydroxyl groups is 3. The van der Waals surface area contributed by atoms with Gasteiger partial charge in [0.2, 0.25) is 0 Å². The zero-order chi connectivity index (χ0) is 31.9. The van der Waals surface area contributed by atoms with Crippen LogP contribution in [0, 0.1) is 0 Å². The van der Waals surface area contributed by atoms with Gasteiger partial charge in [-0.05, 0) is 0 Å². The minimum Gasteiger partial charge on any atom is -0.547 e. The van der Waals surface area contributed by atoms with Crippen LogP contribution in [0.3, 0.4) is 0 Å². The number of aliphatic carboxylic acids is 9. The number of carbonyl (C=O) groups excluding carboxylic acids is 3. The van der Waals surface area contributed by atoms with E-state index in [2.05, 4.69) is 0 Å². The molecule has 0 aromatic carbocycles. The summed E-state index contributed by atoms with van der Waals surface area (Å²) in [4.78, 5) is 91.0. The molecule has 0 heterocycles. The second-order valence-corrected chi connectivity index (χ2v) is 7.38.